The molecule has 1 spiro atoms. The highest BCUT2D eigenvalue weighted by Gasteiger charge is 2.47. The van der Waals surface area contributed by atoms with Crippen LogP contribution in [0.25, 0.3) is 11.1 Å². The predicted octanol–water partition coefficient (Wildman–Crippen LogP) is 7.16. The van der Waals surface area contributed by atoms with Gasteiger partial charge in [-0.2, -0.15) is 0 Å². The number of carbonyl (C=O) groups is 1. The summed E-state index contributed by atoms with van der Waals surface area (Å²) in [4.78, 5) is 17.0. The minimum atomic E-state index is -0.442. The van der Waals surface area contributed by atoms with Crippen LogP contribution in [0.2, 0.25) is 0 Å². The summed E-state index contributed by atoms with van der Waals surface area (Å²) in [5.41, 5.74) is 4.63. The van der Waals surface area contributed by atoms with Crippen molar-refractivity contribution in [3.05, 3.63) is 77.6 Å². The van der Waals surface area contributed by atoms with E-state index in [2.05, 4.69) is 41.3 Å². The average molecular weight is 545 g/mol. The Bertz CT molecular complexity index is 1320. The molecule has 210 valence electrons. The smallest absolute Gasteiger partial charge is 0.415 e. The van der Waals surface area contributed by atoms with Crippen LogP contribution in [-0.2, 0) is 11.3 Å². The zero-order valence-corrected chi connectivity index (χ0v) is 23.3. The van der Waals surface area contributed by atoms with E-state index in [1.165, 1.54) is 30.5 Å². The number of halogens is 1. The highest BCUT2D eigenvalue weighted by molar-refractivity contribution is 5.90. The summed E-state index contributed by atoms with van der Waals surface area (Å²) < 4.78 is 31.7. The molecule has 0 radical (unpaired) electrons. The van der Waals surface area contributed by atoms with Crippen LogP contribution in [0.4, 0.5) is 14.9 Å². The van der Waals surface area contributed by atoms with E-state index in [0.717, 1.165) is 66.4 Å². The van der Waals surface area contributed by atoms with Crippen LogP contribution in [-0.4, -0.2) is 49.4 Å². The number of likely N-dealkylation sites (tertiary alicyclic amines) is 1. The molecule has 3 aromatic carbocycles. The Labute approximate surface area is 235 Å². The average Bonchev–Trinajstić information content (AvgIpc) is 3.75. The third-order valence-corrected chi connectivity index (χ3v) is 8.26. The molecule has 3 aromatic rings. The van der Waals surface area contributed by atoms with Crippen molar-refractivity contribution < 1.29 is 23.4 Å². The Morgan fingerprint density at radius 1 is 0.925 bits per heavy atom. The molecule has 0 unspecified atom stereocenters. The van der Waals surface area contributed by atoms with Crippen molar-refractivity contribution in [2.24, 2.45) is 0 Å². The molecule has 0 bridgehead atoms. The third-order valence-electron chi connectivity index (χ3n) is 8.26. The lowest BCUT2D eigenvalue weighted by atomic mass is 9.91. The number of ether oxygens (including phenoxy) is 3. The number of benzene rings is 3. The number of anilines is 1. The van der Waals surface area contributed by atoms with Gasteiger partial charge < -0.3 is 14.2 Å². The maximum atomic E-state index is 13.6. The molecule has 1 aliphatic carbocycles. The molecule has 3 aliphatic rings. The van der Waals surface area contributed by atoms with Crippen LogP contribution in [0.15, 0.2) is 60.7 Å². The fourth-order valence-electron chi connectivity index (χ4n) is 5.98. The maximum absolute atomic E-state index is 13.6. The molecule has 2 aliphatic heterocycles. The van der Waals surface area contributed by atoms with E-state index < -0.39 is 5.60 Å². The van der Waals surface area contributed by atoms with Crippen LogP contribution in [0.5, 0.6) is 11.5 Å². The Hall–Kier alpha value is -3.58. The molecular weight excluding hydrogens is 507 g/mol. The highest BCUT2D eigenvalue weighted by Crippen LogP contribution is 2.43. The molecule has 2 saturated heterocycles. The summed E-state index contributed by atoms with van der Waals surface area (Å²) in [6.07, 6.45) is 3.87. The van der Waals surface area contributed by atoms with Gasteiger partial charge in [-0.15, -0.1) is 0 Å². The SMILES string of the molecule is CCOc1cc(CN2CCC3(CC2)CN(c2ccc(C4CC4)cc2)C(=O)O3)cc(OCC)c1-c1ccc(F)cc1. The van der Waals surface area contributed by atoms with Crippen molar-refractivity contribution in [3.8, 4) is 22.6 Å². The van der Waals surface area contributed by atoms with E-state index in [4.69, 9.17) is 14.2 Å². The lowest BCUT2D eigenvalue weighted by Gasteiger charge is -2.37. The maximum Gasteiger partial charge on any atom is 0.415 e. The van der Waals surface area contributed by atoms with Gasteiger partial charge in [-0.25, -0.2) is 9.18 Å². The van der Waals surface area contributed by atoms with Crippen LogP contribution < -0.4 is 14.4 Å². The zero-order valence-electron chi connectivity index (χ0n) is 23.3. The minimum absolute atomic E-state index is 0.244. The van der Waals surface area contributed by atoms with Crippen molar-refractivity contribution in [1.82, 2.24) is 4.90 Å². The molecule has 6 rings (SSSR count). The monoisotopic (exact) mass is 544 g/mol. The number of hydrogen-bond acceptors (Lipinski definition) is 5. The van der Waals surface area contributed by atoms with E-state index in [1.807, 2.05) is 13.8 Å². The van der Waals surface area contributed by atoms with Gasteiger partial charge in [0, 0.05) is 38.2 Å². The Morgan fingerprint density at radius 3 is 2.12 bits per heavy atom. The van der Waals surface area contributed by atoms with E-state index in [1.54, 1.807) is 17.0 Å². The molecule has 7 heteroatoms. The summed E-state index contributed by atoms with van der Waals surface area (Å²) in [5, 5.41) is 0. The van der Waals surface area contributed by atoms with Crippen LogP contribution in [0.3, 0.4) is 0 Å². The Balaban J connectivity index is 1.15. The van der Waals surface area contributed by atoms with Crippen molar-refractivity contribution in [3.63, 3.8) is 0 Å². The largest absolute Gasteiger partial charge is 0.493 e. The van der Waals surface area contributed by atoms with Gasteiger partial charge in [0.1, 0.15) is 22.9 Å². The summed E-state index contributed by atoms with van der Waals surface area (Å²) in [5.74, 6) is 1.89. The van der Waals surface area contributed by atoms with E-state index in [-0.39, 0.29) is 11.9 Å². The molecular formula is C33H37FN2O4. The predicted molar refractivity (Wildman–Crippen MR) is 154 cm³/mol. The molecule has 1 saturated carbocycles. The second kappa shape index (κ2) is 11.1. The first-order valence-corrected chi connectivity index (χ1v) is 14.5. The number of nitrogens with zero attached hydrogens (tertiary/aromatic N) is 2. The number of amides is 1. The van der Waals surface area contributed by atoms with Gasteiger partial charge in [-0.05, 0) is 85.7 Å². The first-order valence-electron chi connectivity index (χ1n) is 14.5. The standard InChI is InChI=1S/C33H37FN2O4/c1-3-38-29-19-23(20-30(39-4-2)31(29)26-7-11-27(34)12-8-26)21-35-17-15-33(16-18-35)22-36(32(37)40-33)28-13-9-25(10-14-28)24-5-6-24/h7-14,19-20,24H,3-6,15-18,21-22H2,1-2H3. The molecule has 3 fully saturated rings. The number of hydrogen-bond donors (Lipinski definition) is 0. The number of rotatable bonds is 9. The summed E-state index contributed by atoms with van der Waals surface area (Å²) in [7, 11) is 0. The van der Waals surface area contributed by atoms with Crippen LogP contribution in [0, 0.1) is 5.82 Å². The van der Waals surface area contributed by atoms with Gasteiger partial charge in [0.05, 0.1) is 25.3 Å². The van der Waals surface area contributed by atoms with Crippen molar-refractivity contribution in [1.29, 1.82) is 0 Å². The Morgan fingerprint density at radius 2 is 1.55 bits per heavy atom. The summed E-state index contributed by atoms with van der Waals surface area (Å²) in [6.45, 7) is 7.93. The first-order chi connectivity index (χ1) is 19.5. The third kappa shape index (κ3) is 5.52. The first kappa shape index (κ1) is 26.6. The van der Waals surface area contributed by atoms with Crippen molar-refractivity contribution in [2.75, 3.05) is 37.7 Å². The van der Waals surface area contributed by atoms with Gasteiger partial charge in [0.15, 0.2) is 0 Å². The molecule has 1 amide bonds. The quantitative estimate of drug-likeness (QED) is 0.286. The van der Waals surface area contributed by atoms with E-state index in [0.29, 0.717) is 25.7 Å². The highest BCUT2D eigenvalue weighted by atomic mass is 19.1. The van der Waals surface area contributed by atoms with Crippen molar-refractivity contribution >= 4 is 11.8 Å². The molecule has 0 N–H and O–H groups in total. The molecule has 0 atom stereocenters. The summed E-state index contributed by atoms with van der Waals surface area (Å²) in [6, 6.07) is 19.0. The topological polar surface area (TPSA) is 51.2 Å². The van der Waals surface area contributed by atoms with Gasteiger partial charge >= 0.3 is 6.09 Å². The minimum Gasteiger partial charge on any atom is -0.493 e. The second-order valence-corrected chi connectivity index (χ2v) is 11.1. The van der Waals surface area contributed by atoms with Crippen LogP contribution >= 0.6 is 0 Å². The molecule has 6 nitrogen and oxygen atoms in total. The molecule has 2 heterocycles. The zero-order chi connectivity index (χ0) is 27.7. The van der Waals surface area contributed by atoms with Gasteiger partial charge in [-0.1, -0.05) is 24.3 Å². The Kier molecular flexibility index (Phi) is 7.41. The fourth-order valence-corrected chi connectivity index (χ4v) is 5.98. The van der Waals surface area contributed by atoms with E-state index >= 15 is 0 Å². The number of piperidine rings is 1. The van der Waals surface area contributed by atoms with Crippen LogP contribution in [0.1, 0.15) is 56.6 Å². The van der Waals surface area contributed by atoms with Crippen molar-refractivity contribution in [2.45, 2.75) is 57.6 Å². The lowest BCUT2D eigenvalue weighted by molar-refractivity contribution is -0.00100. The van der Waals surface area contributed by atoms with Gasteiger partial charge in [-0.3, -0.25) is 9.80 Å². The molecule has 0 aromatic heterocycles. The lowest BCUT2D eigenvalue weighted by Crippen LogP contribution is -2.46. The molecule has 40 heavy (non-hydrogen) atoms. The normalized spacial score (nSPS) is 18.7. The number of carbonyl (C=O) groups excluding carboxylic acids is 1. The summed E-state index contributed by atoms with van der Waals surface area (Å²) >= 11 is 0. The van der Waals surface area contributed by atoms with E-state index in [9.17, 15) is 9.18 Å². The van der Waals surface area contributed by atoms with Gasteiger partial charge in [0.25, 0.3) is 0 Å². The second-order valence-electron chi connectivity index (χ2n) is 11.1. The van der Waals surface area contributed by atoms with Gasteiger partial charge in [0.2, 0.25) is 0 Å². The fraction of sp³-hybridized carbons (Fsp3) is 0.424.